The molecule has 0 aromatic heterocycles. The summed E-state index contributed by atoms with van der Waals surface area (Å²) >= 11 is 5.81. The second kappa shape index (κ2) is 7.98. The summed E-state index contributed by atoms with van der Waals surface area (Å²) in [6.07, 6.45) is 0. The lowest BCUT2D eigenvalue weighted by Crippen LogP contribution is -2.32. The minimum atomic E-state index is -0.702. The average Bonchev–Trinajstić information content (AvgIpc) is 2.52. The van der Waals surface area contributed by atoms with Gasteiger partial charge in [-0.05, 0) is 36.4 Å². The Morgan fingerprint density at radius 1 is 0.958 bits per heavy atom. The number of hydrogen-bond donors (Lipinski definition) is 4. The Morgan fingerprint density at radius 3 is 2.29 bits per heavy atom. The molecule has 124 valence electrons. The van der Waals surface area contributed by atoms with Crippen molar-refractivity contribution in [2.45, 2.75) is 0 Å². The molecule has 0 unspecified atom stereocenters. The molecule has 7 nitrogen and oxygen atoms in total. The van der Waals surface area contributed by atoms with E-state index in [1.165, 1.54) is 6.07 Å². The molecule has 0 heterocycles. The molecule has 2 aromatic rings. The van der Waals surface area contributed by atoms with E-state index in [1.807, 2.05) is 0 Å². The zero-order chi connectivity index (χ0) is 17.5. The largest absolute Gasteiger partial charge is 0.351 e. The number of rotatable bonds is 5. The van der Waals surface area contributed by atoms with Gasteiger partial charge in [-0.3, -0.25) is 9.59 Å². The lowest BCUT2D eigenvalue weighted by Gasteiger charge is -2.09. The van der Waals surface area contributed by atoms with Crippen LogP contribution in [0, 0.1) is 0 Å². The van der Waals surface area contributed by atoms with E-state index in [0.29, 0.717) is 22.0 Å². The summed E-state index contributed by atoms with van der Waals surface area (Å²) in [6, 6.07) is 12.2. The van der Waals surface area contributed by atoms with Crippen molar-refractivity contribution in [3.05, 3.63) is 59.1 Å². The Kier molecular flexibility index (Phi) is 5.75. The zero-order valence-electron chi connectivity index (χ0n) is 12.5. The molecule has 2 rings (SSSR count). The van der Waals surface area contributed by atoms with E-state index >= 15 is 0 Å². The lowest BCUT2D eigenvalue weighted by molar-refractivity contribution is -0.115. The normalized spacial score (nSPS) is 9.88. The fraction of sp³-hybridized carbons (Fsp3) is 0.0625. The fourth-order valence-corrected chi connectivity index (χ4v) is 2.10. The van der Waals surface area contributed by atoms with Gasteiger partial charge in [-0.25, -0.2) is 4.79 Å². The van der Waals surface area contributed by atoms with Crippen LogP contribution in [-0.4, -0.2) is 24.4 Å². The van der Waals surface area contributed by atoms with Gasteiger partial charge in [0.2, 0.25) is 5.91 Å². The minimum Gasteiger partial charge on any atom is -0.351 e. The van der Waals surface area contributed by atoms with Crippen LogP contribution in [0.15, 0.2) is 48.5 Å². The second-order valence-corrected chi connectivity index (χ2v) is 5.25. The SMILES string of the molecule is NC(=O)Nc1cccc(NC(=O)CNC(=O)c2cccc(Cl)c2)c1. The van der Waals surface area contributed by atoms with Crippen molar-refractivity contribution in [2.75, 3.05) is 17.2 Å². The highest BCUT2D eigenvalue weighted by molar-refractivity contribution is 6.31. The molecule has 0 saturated heterocycles. The molecule has 2 aromatic carbocycles. The van der Waals surface area contributed by atoms with E-state index in [9.17, 15) is 14.4 Å². The Hall–Kier alpha value is -3.06. The molecule has 0 atom stereocenters. The lowest BCUT2D eigenvalue weighted by atomic mass is 10.2. The topological polar surface area (TPSA) is 113 Å². The van der Waals surface area contributed by atoms with Crippen molar-refractivity contribution in [2.24, 2.45) is 5.73 Å². The van der Waals surface area contributed by atoms with Gasteiger partial charge < -0.3 is 21.7 Å². The van der Waals surface area contributed by atoms with Crippen LogP contribution < -0.4 is 21.7 Å². The van der Waals surface area contributed by atoms with Crippen LogP contribution in [0.25, 0.3) is 0 Å². The summed E-state index contributed by atoms with van der Waals surface area (Å²) in [5.74, 6) is -0.821. The first-order chi connectivity index (χ1) is 11.4. The number of amides is 4. The quantitative estimate of drug-likeness (QED) is 0.665. The van der Waals surface area contributed by atoms with Crippen LogP contribution >= 0.6 is 11.6 Å². The summed E-state index contributed by atoms with van der Waals surface area (Å²) in [7, 11) is 0. The van der Waals surface area contributed by atoms with Gasteiger partial charge >= 0.3 is 6.03 Å². The predicted octanol–water partition coefficient (Wildman–Crippen LogP) is 2.20. The molecule has 24 heavy (non-hydrogen) atoms. The number of carbonyl (C=O) groups excluding carboxylic acids is 3. The molecule has 0 aliphatic rings. The molecule has 0 saturated carbocycles. The first-order valence-electron chi connectivity index (χ1n) is 6.94. The fourth-order valence-electron chi connectivity index (χ4n) is 1.91. The first kappa shape index (κ1) is 17.3. The van der Waals surface area contributed by atoms with Gasteiger partial charge in [-0.1, -0.05) is 23.7 Å². The van der Waals surface area contributed by atoms with E-state index in [1.54, 1.807) is 42.5 Å². The maximum absolute atomic E-state index is 11.9. The van der Waals surface area contributed by atoms with Gasteiger partial charge in [0, 0.05) is 22.0 Å². The predicted molar refractivity (Wildman–Crippen MR) is 92.1 cm³/mol. The van der Waals surface area contributed by atoms with Gasteiger partial charge in [0.25, 0.3) is 5.91 Å². The van der Waals surface area contributed by atoms with Crippen molar-refractivity contribution < 1.29 is 14.4 Å². The number of urea groups is 1. The molecule has 4 amide bonds. The summed E-state index contributed by atoms with van der Waals surface area (Å²) < 4.78 is 0. The van der Waals surface area contributed by atoms with Gasteiger partial charge in [-0.15, -0.1) is 0 Å². The van der Waals surface area contributed by atoms with E-state index < -0.39 is 17.8 Å². The Labute approximate surface area is 143 Å². The van der Waals surface area contributed by atoms with Crippen molar-refractivity contribution in [3.8, 4) is 0 Å². The summed E-state index contributed by atoms with van der Waals surface area (Å²) in [5.41, 5.74) is 6.30. The summed E-state index contributed by atoms with van der Waals surface area (Å²) in [4.78, 5) is 34.6. The van der Waals surface area contributed by atoms with Gasteiger partial charge in [0.15, 0.2) is 0 Å². The smallest absolute Gasteiger partial charge is 0.316 e. The number of carbonyl (C=O) groups is 3. The number of benzene rings is 2. The van der Waals surface area contributed by atoms with Crippen molar-refractivity contribution in [1.29, 1.82) is 0 Å². The molecule has 8 heteroatoms. The molecule has 0 aliphatic carbocycles. The van der Waals surface area contributed by atoms with Crippen LogP contribution in [0.2, 0.25) is 5.02 Å². The van der Waals surface area contributed by atoms with Gasteiger partial charge in [0.1, 0.15) is 0 Å². The third kappa shape index (κ3) is 5.29. The zero-order valence-corrected chi connectivity index (χ0v) is 13.3. The summed E-state index contributed by atoms with van der Waals surface area (Å²) in [5, 5.41) is 7.93. The van der Waals surface area contributed by atoms with Crippen molar-refractivity contribution in [1.82, 2.24) is 5.32 Å². The van der Waals surface area contributed by atoms with Crippen LogP contribution in [0.5, 0.6) is 0 Å². The van der Waals surface area contributed by atoms with E-state index in [0.717, 1.165) is 0 Å². The van der Waals surface area contributed by atoms with Crippen LogP contribution in [0.4, 0.5) is 16.2 Å². The number of anilines is 2. The average molecular weight is 347 g/mol. The molecule has 0 spiro atoms. The van der Waals surface area contributed by atoms with E-state index in [-0.39, 0.29) is 6.54 Å². The minimum absolute atomic E-state index is 0.210. The van der Waals surface area contributed by atoms with Crippen molar-refractivity contribution in [3.63, 3.8) is 0 Å². The number of primary amides is 1. The van der Waals surface area contributed by atoms with E-state index in [2.05, 4.69) is 16.0 Å². The monoisotopic (exact) mass is 346 g/mol. The number of nitrogens with two attached hydrogens (primary N) is 1. The molecular formula is C16H15ClN4O3. The van der Waals surface area contributed by atoms with Gasteiger partial charge in [0.05, 0.1) is 6.54 Å². The maximum atomic E-state index is 11.9. The van der Waals surface area contributed by atoms with Crippen LogP contribution in [0.1, 0.15) is 10.4 Å². The van der Waals surface area contributed by atoms with Crippen LogP contribution in [-0.2, 0) is 4.79 Å². The first-order valence-corrected chi connectivity index (χ1v) is 7.32. The molecule has 5 N–H and O–H groups in total. The molecule has 0 radical (unpaired) electrons. The Balaban J connectivity index is 1.89. The van der Waals surface area contributed by atoms with Crippen molar-refractivity contribution >= 4 is 40.8 Å². The second-order valence-electron chi connectivity index (χ2n) is 4.81. The third-order valence-electron chi connectivity index (χ3n) is 2.91. The summed E-state index contributed by atoms with van der Waals surface area (Å²) in [6.45, 7) is -0.210. The Morgan fingerprint density at radius 2 is 1.62 bits per heavy atom. The molecule has 0 bridgehead atoms. The highest BCUT2D eigenvalue weighted by Gasteiger charge is 2.09. The highest BCUT2D eigenvalue weighted by atomic mass is 35.5. The Bertz CT molecular complexity index is 779. The maximum Gasteiger partial charge on any atom is 0.316 e. The standard InChI is InChI=1S/C16H15ClN4O3/c17-11-4-1-3-10(7-11)15(23)19-9-14(22)20-12-5-2-6-13(8-12)21-16(18)24/h1-8H,9H2,(H,19,23)(H,20,22)(H3,18,21,24). The molecule has 0 aliphatic heterocycles. The highest BCUT2D eigenvalue weighted by Crippen LogP contribution is 2.14. The third-order valence-corrected chi connectivity index (χ3v) is 3.15. The number of nitrogens with one attached hydrogen (secondary N) is 3. The molecular weight excluding hydrogens is 332 g/mol. The number of halogens is 1. The van der Waals surface area contributed by atoms with Crippen LogP contribution in [0.3, 0.4) is 0 Å². The van der Waals surface area contributed by atoms with E-state index in [4.69, 9.17) is 17.3 Å². The number of hydrogen-bond acceptors (Lipinski definition) is 3. The van der Waals surface area contributed by atoms with Gasteiger partial charge in [-0.2, -0.15) is 0 Å². The molecule has 0 fully saturated rings.